The minimum Gasteiger partial charge on any atom is -0.494 e. The zero-order valence-electron chi connectivity index (χ0n) is 9.36. The van der Waals surface area contributed by atoms with E-state index in [1.54, 1.807) is 0 Å². The van der Waals surface area contributed by atoms with Gasteiger partial charge in [-0.15, -0.1) is 0 Å². The van der Waals surface area contributed by atoms with E-state index in [1.165, 1.54) is 19.2 Å². The zero-order valence-corrected chi connectivity index (χ0v) is 10.2. The van der Waals surface area contributed by atoms with E-state index in [4.69, 9.17) is 4.74 Å². The minimum atomic E-state index is -3.44. The molecule has 0 spiro atoms. The number of hydrogen-bond acceptors (Lipinski definition) is 4. The molecule has 0 radical (unpaired) electrons. The van der Waals surface area contributed by atoms with Crippen molar-refractivity contribution in [3.8, 4) is 5.75 Å². The summed E-state index contributed by atoms with van der Waals surface area (Å²) in [5, 5.41) is 0. The number of rotatable bonds is 5. The van der Waals surface area contributed by atoms with Crippen molar-refractivity contribution in [2.75, 3.05) is 19.9 Å². The molecule has 94 valence electrons. The Bertz CT molecular complexity index is 527. The van der Waals surface area contributed by atoms with Gasteiger partial charge in [-0.2, -0.15) is 0 Å². The first-order valence-electron chi connectivity index (χ1n) is 4.65. The molecule has 0 aliphatic heterocycles. The SMILES string of the molecule is COc1ccc(C(=O)CNS(C)(=O)=O)cc1F. The Kier molecular flexibility index (Phi) is 4.19. The van der Waals surface area contributed by atoms with Gasteiger partial charge in [-0.25, -0.2) is 17.5 Å². The largest absolute Gasteiger partial charge is 0.494 e. The number of hydrogen-bond donors (Lipinski definition) is 1. The van der Waals surface area contributed by atoms with Gasteiger partial charge < -0.3 is 4.74 Å². The van der Waals surface area contributed by atoms with E-state index in [2.05, 4.69) is 0 Å². The molecule has 0 aliphatic rings. The Balaban J connectivity index is 2.80. The van der Waals surface area contributed by atoms with E-state index in [0.29, 0.717) is 0 Å². The lowest BCUT2D eigenvalue weighted by Crippen LogP contribution is -2.28. The van der Waals surface area contributed by atoms with Crippen LogP contribution in [0.25, 0.3) is 0 Å². The van der Waals surface area contributed by atoms with Crippen LogP contribution in [0.1, 0.15) is 10.4 Å². The molecule has 0 amide bonds. The fourth-order valence-electron chi connectivity index (χ4n) is 1.14. The van der Waals surface area contributed by atoms with E-state index in [-0.39, 0.29) is 11.3 Å². The van der Waals surface area contributed by atoms with Crippen LogP contribution >= 0.6 is 0 Å². The molecule has 0 fully saturated rings. The summed E-state index contributed by atoms with van der Waals surface area (Å²) in [6.07, 6.45) is 0.939. The monoisotopic (exact) mass is 261 g/mol. The van der Waals surface area contributed by atoms with Crippen LogP contribution in [-0.2, 0) is 10.0 Å². The van der Waals surface area contributed by atoms with E-state index in [1.807, 2.05) is 4.72 Å². The Labute approximate surface area is 98.6 Å². The van der Waals surface area contributed by atoms with E-state index < -0.39 is 28.2 Å². The average Bonchev–Trinajstić information content (AvgIpc) is 2.24. The molecule has 0 aromatic heterocycles. The fraction of sp³-hybridized carbons (Fsp3) is 0.300. The smallest absolute Gasteiger partial charge is 0.209 e. The highest BCUT2D eigenvalue weighted by atomic mass is 32.2. The fourth-order valence-corrected chi connectivity index (χ4v) is 1.53. The average molecular weight is 261 g/mol. The molecule has 0 heterocycles. The van der Waals surface area contributed by atoms with E-state index in [0.717, 1.165) is 12.3 Å². The summed E-state index contributed by atoms with van der Waals surface area (Å²) in [4.78, 5) is 11.5. The van der Waals surface area contributed by atoms with Gasteiger partial charge in [-0.1, -0.05) is 0 Å². The molecule has 0 saturated heterocycles. The first-order chi connectivity index (χ1) is 7.83. The summed E-state index contributed by atoms with van der Waals surface area (Å²) in [6.45, 7) is -0.398. The van der Waals surface area contributed by atoms with Crippen LogP contribution in [0.3, 0.4) is 0 Å². The van der Waals surface area contributed by atoms with Crippen LogP contribution in [-0.4, -0.2) is 34.1 Å². The lowest BCUT2D eigenvalue weighted by molar-refractivity contribution is 0.0996. The molecule has 1 rings (SSSR count). The summed E-state index contributed by atoms with van der Waals surface area (Å²) >= 11 is 0. The predicted molar refractivity (Wildman–Crippen MR) is 60.1 cm³/mol. The van der Waals surface area contributed by atoms with Crippen LogP contribution in [0.2, 0.25) is 0 Å². The van der Waals surface area contributed by atoms with Crippen molar-refractivity contribution in [2.24, 2.45) is 0 Å². The summed E-state index contributed by atoms with van der Waals surface area (Å²) in [5.74, 6) is -1.16. The van der Waals surface area contributed by atoms with Crippen LogP contribution in [0.5, 0.6) is 5.75 Å². The summed E-state index contributed by atoms with van der Waals surface area (Å²) in [6, 6.07) is 3.68. The van der Waals surface area contributed by atoms with E-state index in [9.17, 15) is 17.6 Å². The molecule has 0 unspecified atom stereocenters. The number of carbonyl (C=O) groups is 1. The van der Waals surface area contributed by atoms with Crippen LogP contribution < -0.4 is 9.46 Å². The Hall–Kier alpha value is -1.47. The Morgan fingerprint density at radius 2 is 2.12 bits per heavy atom. The van der Waals surface area contributed by atoms with Gasteiger partial charge in [-0.05, 0) is 18.2 Å². The zero-order chi connectivity index (χ0) is 13.1. The number of carbonyl (C=O) groups excluding carboxylic acids is 1. The molecule has 0 aliphatic carbocycles. The second-order valence-electron chi connectivity index (χ2n) is 3.37. The van der Waals surface area contributed by atoms with Crippen LogP contribution in [0.15, 0.2) is 18.2 Å². The quantitative estimate of drug-likeness (QED) is 0.786. The number of benzene rings is 1. The molecular weight excluding hydrogens is 249 g/mol. The van der Waals surface area contributed by atoms with Gasteiger partial charge in [0.05, 0.1) is 19.9 Å². The molecule has 7 heteroatoms. The Morgan fingerprint density at radius 3 is 2.59 bits per heavy atom. The first kappa shape index (κ1) is 13.6. The van der Waals surface area contributed by atoms with Crippen molar-refractivity contribution < 1.29 is 22.3 Å². The minimum absolute atomic E-state index is 0.0256. The lowest BCUT2D eigenvalue weighted by Gasteiger charge is -2.05. The maximum Gasteiger partial charge on any atom is 0.209 e. The highest BCUT2D eigenvalue weighted by Crippen LogP contribution is 2.17. The van der Waals surface area contributed by atoms with Crippen LogP contribution in [0.4, 0.5) is 4.39 Å². The number of ether oxygens (including phenoxy) is 1. The molecule has 0 bridgehead atoms. The van der Waals surface area contributed by atoms with Gasteiger partial charge in [0.2, 0.25) is 10.0 Å². The van der Waals surface area contributed by atoms with Gasteiger partial charge in [0.15, 0.2) is 17.3 Å². The van der Waals surface area contributed by atoms with E-state index >= 15 is 0 Å². The highest BCUT2D eigenvalue weighted by Gasteiger charge is 2.11. The standard InChI is InChI=1S/C10H12FNO4S/c1-16-10-4-3-7(5-8(10)11)9(13)6-12-17(2,14)15/h3-5,12H,6H2,1-2H3. The summed E-state index contributed by atoms with van der Waals surface area (Å²) < 4.78 is 41.6. The molecular formula is C10H12FNO4S. The van der Waals surface area contributed by atoms with Crippen molar-refractivity contribution in [3.05, 3.63) is 29.6 Å². The summed E-state index contributed by atoms with van der Waals surface area (Å²) in [7, 11) is -2.13. The van der Waals surface area contributed by atoms with Gasteiger partial charge in [0.1, 0.15) is 0 Å². The maximum atomic E-state index is 13.3. The first-order valence-corrected chi connectivity index (χ1v) is 6.54. The van der Waals surface area contributed by atoms with Gasteiger partial charge in [-0.3, -0.25) is 4.79 Å². The topological polar surface area (TPSA) is 72.5 Å². The molecule has 0 atom stereocenters. The third-order valence-electron chi connectivity index (χ3n) is 1.97. The molecule has 17 heavy (non-hydrogen) atoms. The van der Waals surface area contributed by atoms with Crippen molar-refractivity contribution in [1.29, 1.82) is 0 Å². The Morgan fingerprint density at radius 1 is 1.47 bits per heavy atom. The van der Waals surface area contributed by atoms with Crippen molar-refractivity contribution in [1.82, 2.24) is 4.72 Å². The van der Waals surface area contributed by atoms with Gasteiger partial charge in [0, 0.05) is 5.56 Å². The van der Waals surface area contributed by atoms with Crippen LogP contribution in [0, 0.1) is 5.82 Å². The molecule has 1 N–H and O–H groups in total. The predicted octanol–water partition coefficient (Wildman–Crippen LogP) is 0.566. The highest BCUT2D eigenvalue weighted by molar-refractivity contribution is 7.88. The van der Waals surface area contributed by atoms with Crippen molar-refractivity contribution >= 4 is 15.8 Å². The number of ketones is 1. The third kappa shape index (κ3) is 4.12. The third-order valence-corrected chi connectivity index (χ3v) is 2.64. The lowest BCUT2D eigenvalue weighted by atomic mass is 10.1. The summed E-state index contributed by atoms with van der Waals surface area (Å²) in [5.41, 5.74) is 0.0828. The number of halogens is 1. The maximum absolute atomic E-state index is 13.3. The second-order valence-corrected chi connectivity index (χ2v) is 5.20. The molecule has 0 saturated carbocycles. The van der Waals surface area contributed by atoms with Gasteiger partial charge in [0.25, 0.3) is 0 Å². The molecule has 1 aromatic rings. The molecule has 1 aromatic carbocycles. The van der Waals surface area contributed by atoms with Crippen molar-refractivity contribution in [2.45, 2.75) is 0 Å². The van der Waals surface area contributed by atoms with Crippen molar-refractivity contribution in [3.63, 3.8) is 0 Å². The number of nitrogens with one attached hydrogen (secondary N) is 1. The normalized spacial score (nSPS) is 11.2. The molecule has 5 nitrogen and oxygen atoms in total. The number of Topliss-reactive ketones (excluding diaryl/α,β-unsaturated/α-hetero) is 1. The second kappa shape index (κ2) is 5.24. The van der Waals surface area contributed by atoms with Gasteiger partial charge >= 0.3 is 0 Å². The number of sulfonamides is 1. The number of methoxy groups -OCH3 is 1.